The number of carboxylic acids is 1. The third kappa shape index (κ3) is 4.69. The van der Waals surface area contributed by atoms with Crippen LogP contribution in [0.4, 0.5) is 5.69 Å². The predicted molar refractivity (Wildman–Crippen MR) is 137 cm³/mol. The molecule has 0 aromatic heterocycles. The van der Waals surface area contributed by atoms with Gasteiger partial charge in [-0.25, -0.2) is 4.79 Å². The lowest BCUT2D eigenvalue weighted by molar-refractivity contribution is -0.144. The number of nitrogens with zero attached hydrogens (tertiary/aromatic N) is 1. The molecule has 1 atom stereocenters. The summed E-state index contributed by atoms with van der Waals surface area (Å²) in [6.45, 7) is 9.80. The Morgan fingerprint density at radius 2 is 1.51 bits per heavy atom. The second kappa shape index (κ2) is 9.37. The highest BCUT2D eigenvalue weighted by atomic mass is 16.4. The molecule has 6 nitrogen and oxygen atoms in total. The molecule has 0 bridgehead atoms. The normalized spacial score (nSPS) is 13.7. The molecule has 4 rings (SSSR count). The van der Waals surface area contributed by atoms with E-state index in [1.165, 1.54) is 4.90 Å². The SMILES string of the molecule is Cc1cc(C)c(C(=O)Nc2ccc(-c3ccc4c(c3)C(=O)N([C@H](C(=O)O)C(C)C)C4)cc2)c(C)c1. The van der Waals surface area contributed by atoms with Gasteiger partial charge in [-0.1, -0.05) is 55.8 Å². The average Bonchev–Trinajstić information content (AvgIpc) is 3.08. The van der Waals surface area contributed by atoms with Crippen molar-refractivity contribution in [1.82, 2.24) is 4.90 Å². The van der Waals surface area contributed by atoms with E-state index in [1.54, 1.807) is 0 Å². The maximum Gasteiger partial charge on any atom is 0.326 e. The fourth-order valence-electron chi connectivity index (χ4n) is 4.98. The van der Waals surface area contributed by atoms with Crippen LogP contribution in [0, 0.1) is 26.7 Å². The van der Waals surface area contributed by atoms with Crippen molar-refractivity contribution in [2.75, 3.05) is 5.32 Å². The number of carboxylic acid groups (broad SMARTS) is 1. The molecule has 180 valence electrons. The van der Waals surface area contributed by atoms with Gasteiger partial charge in [0.15, 0.2) is 0 Å². The lowest BCUT2D eigenvalue weighted by Gasteiger charge is -2.27. The molecule has 0 unspecified atom stereocenters. The summed E-state index contributed by atoms with van der Waals surface area (Å²) in [6.07, 6.45) is 0. The first-order valence-corrected chi connectivity index (χ1v) is 11.7. The standard InChI is InChI=1S/C29H30N2O4/c1-16(2)26(29(34)35)31-15-22-7-6-21(14-24(22)28(31)33)20-8-10-23(11-9-20)30-27(32)25-18(4)12-17(3)13-19(25)5/h6-14,16,26H,15H2,1-5H3,(H,30,32)(H,34,35)/t26-/m0/s1. The number of anilines is 1. The van der Waals surface area contributed by atoms with Crippen molar-refractivity contribution in [3.8, 4) is 11.1 Å². The van der Waals surface area contributed by atoms with Crippen LogP contribution in [0.15, 0.2) is 54.6 Å². The van der Waals surface area contributed by atoms with E-state index in [9.17, 15) is 19.5 Å². The van der Waals surface area contributed by atoms with Gasteiger partial charge in [-0.3, -0.25) is 9.59 Å². The molecular formula is C29H30N2O4. The zero-order chi connectivity index (χ0) is 25.4. The second-order valence-corrected chi connectivity index (χ2v) is 9.64. The van der Waals surface area contributed by atoms with Crippen molar-refractivity contribution in [3.63, 3.8) is 0 Å². The number of hydrogen-bond acceptors (Lipinski definition) is 3. The Labute approximate surface area is 205 Å². The highest BCUT2D eigenvalue weighted by Gasteiger charge is 2.38. The Bertz CT molecular complexity index is 1300. The van der Waals surface area contributed by atoms with E-state index >= 15 is 0 Å². The lowest BCUT2D eigenvalue weighted by atomic mass is 9.98. The lowest BCUT2D eigenvalue weighted by Crippen LogP contribution is -2.44. The van der Waals surface area contributed by atoms with E-state index in [2.05, 4.69) is 5.32 Å². The van der Waals surface area contributed by atoms with Crippen LogP contribution in [-0.4, -0.2) is 33.8 Å². The molecule has 0 saturated heterocycles. The van der Waals surface area contributed by atoms with Crippen LogP contribution in [0.3, 0.4) is 0 Å². The Kier molecular flexibility index (Phi) is 6.48. The summed E-state index contributed by atoms with van der Waals surface area (Å²) >= 11 is 0. The monoisotopic (exact) mass is 470 g/mol. The first kappa shape index (κ1) is 24.2. The van der Waals surface area contributed by atoms with E-state index in [4.69, 9.17) is 0 Å². The van der Waals surface area contributed by atoms with Gasteiger partial charge in [0, 0.05) is 23.4 Å². The van der Waals surface area contributed by atoms with Crippen LogP contribution in [-0.2, 0) is 11.3 Å². The fraction of sp³-hybridized carbons (Fsp3) is 0.276. The van der Waals surface area contributed by atoms with Crippen molar-refractivity contribution in [2.45, 2.75) is 47.2 Å². The smallest absolute Gasteiger partial charge is 0.326 e. The van der Waals surface area contributed by atoms with Crippen LogP contribution in [0.5, 0.6) is 0 Å². The second-order valence-electron chi connectivity index (χ2n) is 9.64. The molecule has 35 heavy (non-hydrogen) atoms. The zero-order valence-corrected chi connectivity index (χ0v) is 20.7. The number of nitrogens with one attached hydrogen (secondary N) is 1. The van der Waals surface area contributed by atoms with Gasteiger partial charge in [0.25, 0.3) is 11.8 Å². The summed E-state index contributed by atoms with van der Waals surface area (Å²) in [5, 5.41) is 12.6. The molecule has 6 heteroatoms. The molecule has 0 radical (unpaired) electrons. The number of benzene rings is 3. The number of rotatable bonds is 6. The molecule has 2 N–H and O–H groups in total. The topological polar surface area (TPSA) is 86.7 Å². The molecule has 3 aromatic carbocycles. The molecule has 0 fully saturated rings. The number of hydrogen-bond donors (Lipinski definition) is 2. The Morgan fingerprint density at radius 1 is 0.914 bits per heavy atom. The van der Waals surface area contributed by atoms with E-state index in [-0.39, 0.29) is 17.7 Å². The number of carbonyl (C=O) groups excluding carboxylic acids is 2. The molecule has 1 aliphatic rings. The van der Waals surface area contributed by atoms with Crippen LogP contribution < -0.4 is 5.32 Å². The number of amides is 2. The third-order valence-corrected chi connectivity index (χ3v) is 6.54. The maximum atomic E-state index is 13.0. The minimum atomic E-state index is -0.991. The van der Waals surface area contributed by atoms with Crippen LogP contribution in [0.25, 0.3) is 11.1 Å². The zero-order valence-electron chi connectivity index (χ0n) is 20.7. The van der Waals surface area contributed by atoms with E-state index in [1.807, 2.05) is 89.2 Å². The van der Waals surface area contributed by atoms with Gasteiger partial charge in [-0.2, -0.15) is 0 Å². The summed E-state index contributed by atoms with van der Waals surface area (Å²) in [7, 11) is 0. The minimum absolute atomic E-state index is 0.144. The average molecular weight is 471 g/mol. The van der Waals surface area contributed by atoms with Crippen molar-refractivity contribution in [2.24, 2.45) is 5.92 Å². The van der Waals surface area contributed by atoms with Crippen LogP contribution >= 0.6 is 0 Å². The maximum absolute atomic E-state index is 13.0. The van der Waals surface area contributed by atoms with Gasteiger partial charge in [-0.05, 0) is 72.7 Å². The molecular weight excluding hydrogens is 440 g/mol. The highest BCUT2D eigenvalue weighted by Crippen LogP contribution is 2.31. The van der Waals surface area contributed by atoms with Crippen LogP contribution in [0.1, 0.15) is 56.8 Å². The predicted octanol–water partition coefficient (Wildman–Crippen LogP) is 5.60. The molecule has 1 heterocycles. The summed E-state index contributed by atoms with van der Waals surface area (Å²) in [5.41, 5.74) is 7.50. The third-order valence-electron chi connectivity index (χ3n) is 6.54. The molecule has 1 aliphatic heterocycles. The van der Waals surface area contributed by atoms with Gasteiger partial charge in [0.05, 0.1) is 0 Å². The van der Waals surface area contributed by atoms with Crippen molar-refractivity contribution in [1.29, 1.82) is 0 Å². The molecule has 2 amide bonds. The van der Waals surface area contributed by atoms with E-state index in [0.717, 1.165) is 33.4 Å². The Balaban J connectivity index is 1.53. The fourth-order valence-corrected chi connectivity index (χ4v) is 4.98. The summed E-state index contributed by atoms with van der Waals surface area (Å²) in [6, 6.07) is 16.3. The summed E-state index contributed by atoms with van der Waals surface area (Å²) in [4.78, 5) is 39.1. The Morgan fingerprint density at radius 3 is 2.09 bits per heavy atom. The molecule has 3 aromatic rings. The van der Waals surface area contributed by atoms with Gasteiger partial charge in [0.1, 0.15) is 6.04 Å². The van der Waals surface area contributed by atoms with E-state index < -0.39 is 12.0 Å². The van der Waals surface area contributed by atoms with Crippen molar-refractivity contribution < 1.29 is 19.5 Å². The van der Waals surface area contributed by atoms with Crippen molar-refractivity contribution >= 4 is 23.5 Å². The summed E-state index contributed by atoms with van der Waals surface area (Å²) in [5.74, 6) is -1.58. The summed E-state index contributed by atoms with van der Waals surface area (Å²) < 4.78 is 0. The molecule has 0 aliphatic carbocycles. The highest BCUT2D eigenvalue weighted by molar-refractivity contribution is 6.06. The van der Waals surface area contributed by atoms with Gasteiger partial charge < -0.3 is 15.3 Å². The molecule has 0 spiro atoms. The quantitative estimate of drug-likeness (QED) is 0.491. The number of aryl methyl sites for hydroxylation is 3. The van der Waals surface area contributed by atoms with Gasteiger partial charge in [-0.15, -0.1) is 0 Å². The minimum Gasteiger partial charge on any atom is -0.480 e. The van der Waals surface area contributed by atoms with Crippen LogP contribution in [0.2, 0.25) is 0 Å². The number of carbonyl (C=O) groups is 3. The largest absolute Gasteiger partial charge is 0.480 e. The number of aliphatic carboxylic acids is 1. The molecule has 0 saturated carbocycles. The van der Waals surface area contributed by atoms with E-state index in [0.29, 0.717) is 23.4 Å². The number of fused-ring (bicyclic) bond motifs is 1. The van der Waals surface area contributed by atoms with Gasteiger partial charge >= 0.3 is 5.97 Å². The first-order chi connectivity index (χ1) is 16.6. The first-order valence-electron chi connectivity index (χ1n) is 11.7. The Hall–Kier alpha value is -3.93. The van der Waals surface area contributed by atoms with Gasteiger partial charge in [0.2, 0.25) is 0 Å². The van der Waals surface area contributed by atoms with Crippen molar-refractivity contribution in [3.05, 3.63) is 88.0 Å².